The molecular weight excluding hydrogens is 432 g/mol. The van der Waals surface area contributed by atoms with Crippen molar-refractivity contribution in [3.8, 4) is 5.75 Å². The van der Waals surface area contributed by atoms with Gasteiger partial charge in [0.15, 0.2) is 0 Å². The fourth-order valence-corrected chi connectivity index (χ4v) is 3.97. The normalized spacial score (nSPS) is 18.0. The van der Waals surface area contributed by atoms with Crippen LogP contribution in [0.2, 0.25) is 0 Å². The topological polar surface area (TPSA) is 114 Å². The van der Waals surface area contributed by atoms with Crippen LogP contribution < -0.4 is 16.2 Å². The SMILES string of the molecule is CCCOC1CCC(C(=O)Oc2ccc(/C=C/C(=O)OCCc3cc(N)cc(N)c3)cc2)CC1. The van der Waals surface area contributed by atoms with Gasteiger partial charge in [0.1, 0.15) is 5.75 Å². The smallest absolute Gasteiger partial charge is 0.330 e. The highest BCUT2D eigenvalue weighted by molar-refractivity contribution is 5.87. The third-order valence-corrected chi connectivity index (χ3v) is 5.75. The van der Waals surface area contributed by atoms with Crippen LogP contribution in [0.3, 0.4) is 0 Å². The van der Waals surface area contributed by atoms with E-state index in [1.807, 2.05) is 0 Å². The average Bonchev–Trinajstić information content (AvgIpc) is 2.82. The quantitative estimate of drug-likeness (QED) is 0.229. The van der Waals surface area contributed by atoms with Crippen molar-refractivity contribution in [1.29, 1.82) is 0 Å². The second-order valence-electron chi connectivity index (χ2n) is 8.59. The first-order valence-corrected chi connectivity index (χ1v) is 11.9. The number of carbonyl (C=O) groups is 2. The van der Waals surface area contributed by atoms with Crippen LogP contribution in [-0.4, -0.2) is 31.3 Å². The van der Waals surface area contributed by atoms with Crippen LogP contribution in [-0.2, 0) is 25.5 Å². The van der Waals surface area contributed by atoms with Gasteiger partial charge < -0.3 is 25.7 Å². The molecule has 2 aromatic rings. The Morgan fingerprint density at radius 3 is 2.29 bits per heavy atom. The molecule has 7 nitrogen and oxygen atoms in total. The molecular formula is C27H34N2O5. The molecule has 1 saturated carbocycles. The van der Waals surface area contributed by atoms with Gasteiger partial charge in [-0.1, -0.05) is 19.1 Å². The maximum atomic E-state index is 12.5. The van der Waals surface area contributed by atoms with Crippen LogP contribution in [0.5, 0.6) is 5.75 Å². The molecule has 34 heavy (non-hydrogen) atoms. The minimum Gasteiger partial charge on any atom is -0.462 e. The largest absolute Gasteiger partial charge is 0.462 e. The zero-order valence-corrected chi connectivity index (χ0v) is 19.7. The van der Waals surface area contributed by atoms with Crippen molar-refractivity contribution in [2.24, 2.45) is 5.92 Å². The molecule has 0 radical (unpaired) electrons. The van der Waals surface area contributed by atoms with Crippen molar-refractivity contribution in [2.45, 2.75) is 51.6 Å². The summed E-state index contributed by atoms with van der Waals surface area (Å²) in [6, 6.07) is 12.3. The first-order valence-electron chi connectivity index (χ1n) is 11.9. The van der Waals surface area contributed by atoms with Gasteiger partial charge in [-0.05, 0) is 79.6 Å². The van der Waals surface area contributed by atoms with E-state index < -0.39 is 5.97 Å². The highest BCUT2D eigenvalue weighted by Crippen LogP contribution is 2.28. The number of ether oxygens (including phenoxy) is 3. The second kappa shape index (κ2) is 12.8. The Bertz CT molecular complexity index is 959. The maximum Gasteiger partial charge on any atom is 0.330 e. The van der Waals surface area contributed by atoms with E-state index >= 15 is 0 Å². The van der Waals surface area contributed by atoms with Crippen molar-refractivity contribution in [3.05, 3.63) is 59.7 Å². The van der Waals surface area contributed by atoms with E-state index in [9.17, 15) is 9.59 Å². The minimum atomic E-state index is -0.439. The number of nitrogens with two attached hydrogens (primary N) is 2. The molecule has 1 aliphatic carbocycles. The first kappa shape index (κ1) is 25.3. The van der Waals surface area contributed by atoms with Gasteiger partial charge in [-0.25, -0.2) is 4.79 Å². The summed E-state index contributed by atoms with van der Waals surface area (Å²) >= 11 is 0. The lowest BCUT2D eigenvalue weighted by Gasteiger charge is -2.27. The molecule has 1 aliphatic rings. The number of carbonyl (C=O) groups excluding carboxylic acids is 2. The lowest BCUT2D eigenvalue weighted by molar-refractivity contribution is -0.141. The van der Waals surface area contributed by atoms with Crippen molar-refractivity contribution in [1.82, 2.24) is 0 Å². The Labute approximate surface area is 201 Å². The van der Waals surface area contributed by atoms with E-state index in [4.69, 9.17) is 25.7 Å². The molecule has 0 bridgehead atoms. The number of esters is 2. The molecule has 4 N–H and O–H groups in total. The molecule has 0 unspecified atom stereocenters. The number of anilines is 2. The average molecular weight is 467 g/mol. The fourth-order valence-electron chi connectivity index (χ4n) is 3.97. The Kier molecular flexibility index (Phi) is 9.52. The van der Waals surface area contributed by atoms with Crippen molar-refractivity contribution in [2.75, 3.05) is 24.7 Å². The summed E-state index contributed by atoms with van der Waals surface area (Å²) in [7, 11) is 0. The molecule has 182 valence electrons. The molecule has 0 saturated heterocycles. The second-order valence-corrected chi connectivity index (χ2v) is 8.59. The van der Waals surface area contributed by atoms with Crippen LogP contribution in [0.15, 0.2) is 48.5 Å². The van der Waals surface area contributed by atoms with Gasteiger partial charge in [-0.15, -0.1) is 0 Å². The van der Waals surface area contributed by atoms with Gasteiger partial charge in [0.2, 0.25) is 0 Å². The van der Waals surface area contributed by atoms with Crippen molar-refractivity contribution < 1.29 is 23.8 Å². The van der Waals surface area contributed by atoms with Crippen LogP contribution in [0.4, 0.5) is 11.4 Å². The summed E-state index contributed by atoms with van der Waals surface area (Å²) in [5.74, 6) is -0.219. The summed E-state index contributed by atoms with van der Waals surface area (Å²) in [5.41, 5.74) is 14.4. The molecule has 0 aliphatic heterocycles. The Hall–Kier alpha value is -3.32. The number of rotatable bonds is 10. The highest BCUT2D eigenvalue weighted by atomic mass is 16.5. The minimum absolute atomic E-state index is 0.0837. The molecule has 0 atom stereocenters. The predicted octanol–water partition coefficient (Wildman–Crippen LogP) is 4.54. The lowest BCUT2D eigenvalue weighted by Crippen LogP contribution is -2.29. The Morgan fingerprint density at radius 1 is 0.971 bits per heavy atom. The molecule has 2 aromatic carbocycles. The van der Waals surface area contributed by atoms with Crippen molar-refractivity contribution in [3.63, 3.8) is 0 Å². The predicted molar refractivity (Wildman–Crippen MR) is 133 cm³/mol. The summed E-state index contributed by atoms with van der Waals surface area (Å²) < 4.78 is 16.6. The summed E-state index contributed by atoms with van der Waals surface area (Å²) in [5, 5.41) is 0. The third kappa shape index (κ3) is 8.23. The highest BCUT2D eigenvalue weighted by Gasteiger charge is 2.28. The molecule has 0 amide bonds. The maximum absolute atomic E-state index is 12.5. The van der Waals surface area contributed by atoms with Gasteiger partial charge in [0, 0.05) is 30.5 Å². The Morgan fingerprint density at radius 2 is 1.65 bits per heavy atom. The number of benzene rings is 2. The lowest BCUT2D eigenvalue weighted by atomic mass is 9.87. The monoisotopic (exact) mass is 466 g/mol. The standard InChI is InChI=1S/C27H34N2O5/c1-2-14-32-24-10-6-21(7-11-24)27(31)34-25-8-3-19(4-9-25)5-12-26(30)33-15-13-20-16-22(28)18-23(29)17-20/h3-5,8-9,12,16-18,21,24H,2,6-7,10-11,13-15,28-29H2,1H3/b12-5+. The number of nitrogen functional groups attached to an aromatic ring is 2. The zero-order chi connectivity index (χ0) is 24.3. The van der Waals surface area contributed by atoms with E-state index in [0.29, 0.717) is 23.5 Å². The van der Waals surface area contributed by atoms with Gasteiger partial charge in [-0.3, -0.25) is 4.79 Å². The van der Waals surface area contributed by atoms with E-state index in [-0.39, 0.29) is 24.6 Å². The van der Waals surface area contributed by atoms with E-state index in [1.54, 1.807) is 48.5 Å². The van der Waals surface area contributed by atoms with E-state index in [1.165, 1.54) is 6.08 Å². The summed E-state index contributed by atoms with van der Waals surface area (Å²) in [4.78, 5) is 24.4. The fraction of sp³-hybridized carbons (Fsp3) is 0.407. The first-order chi connectivity index (χ1) is 16.4. The number of hydrogen-bond donors (Lipinski definition) is 2. The van der Waals surface area contributed by atoms with E-state index in [0.717, 1.165) is 49.8 Å². The molecule has 0 aromatic heterocycles. The van der Waals surface area contributed by atoms with Gasteiger partial charge in [-0.2, -0.15) is 0 Å². The van der Waals surface area contributed by atoms with Crippen LogP contribution in [0.1, 0.15) is 50.2 Å². The zero-order valence-electron chi connectivity index (χ0n) is 19.7. The molecule has 0 heterocycles. The molecule has 3 rings (SSSR count). The van der Waals surface area contributed by atoms with Gasteiger partial charge in [0.05, 0.1) is 18.6 Å². The molecule has 0 spiro atoms. The summed E-state index contributed by atoms with van der Waals surface area (Å²) in [6.45, 7) is 3.10. The molecule has 1 fully saturated rings. The van der Waals surface area contributed by atoms with Crippen LogP contribution in [0, 0.1) is 5.92 Å². The van der Waals surface area contributed by atoms with E-state index in [2.05, 4.69) is 6.92 Å². The number of hydrogen-bond acceptors (Lipinski definition) is 7. The summed E-state index contributed by atoms with van der Waals surface area (Å²) in [6.07, 6.45) is 8.20. The molecule has 7 heteroatoms. The van der Waals surface area contributed by atoms with Crippen LogP contribution in [0.25, 0.3) is 6.08 Å². The van der Waals surface area contributed by atoms with Gasteiger partial charge >= 0.3 is 11.9 Å². The third-order valence-electron chi connectivity index (χ3n) is 5.75. The van der Waals surface area contributed by atoms with Crippen molar-refractivity contribution >= 4 is 29.4 Å². The van der Waals surface area contributed by atoms with Gasteiger partial charge in [0.25, 0.3) is 0 Å². The Balaban J connectivity index is 1.39. The van der Waals surface area contributed by atoms with Crippen LogP contribution >= 0.6 is 0 Å².